The van der Waals surface area contributed by atoms with Crippen molar-refractivity contribution in [3.8, 4) is 34.0 Å². The second kappa shape index (κ2) is 14.6. The number of alkyl halides is 2. The Kier molecular flexibility index (Phi) is 10.3. The summed E-state index contributed by atoms with van der Waals surface area (Å²) in [6.45, 7) is 7.68. The smallest absolute Gasteiger partial charge is 0.304 e. The number of aryl methyl sites for hydroxylation is 1. The van der Waals surface area contributed by atoms with Crippen LogP contribution >= 0.6 is 0 Å². The fourth-order valence-electron chi connectivity index (χ4n) is 6.96. The van der Waals surface area contributed by atoms with Crippen molar-refractivity contribution < 1.29 is 32.9 Å². The summed E-state index contributed by atoms with van der Waals surface area (Å²) in [6, 6.07) is 17.5. The van der Waals surface area contributed by atoms with Gasteiger partial charge in [-0.25, -0.2) is 13.8 Å². The molecule has 0 amide bonds. The first-order valence-corrected chi connectivity index (χ1v) is 16.6. The molecule has 0 bridgehead atoms. The fourth-order valence-corrected chi connectivity index (χ4v) is 6.96. The van der Waals surface area contributed by atoms with E-state index in [4.69, 9.17) is 19.2 Å². The molecule has 2 aliphatic rings. The predicted octanol–water partition coefficient (Wildman–Crippen LogP) is 6.40. The number of piperidine rings is 1. The number of likely N-dealkylation sites (tertiary alicyclic amines) is 1. The lowest BCUT2D eigenvalue weighted by Gasteiger charge is -2.38. The third-order valence-electron chi connectivity index (χ3n) is 9.59. The number of benzene rings is 3. The molecule has 1 atom stereocenters. The van der Waals surface area contributed by atoms with Crippen LogP contribution in [-0.2, 0) is 23.1 Å². The first kappa shape index (κ1) is 33.8. The van der Waals surface area contributed by atoms with Gasteiger partial charge in [-0.2, -0.15) is 0 Å². The van der Waals surface area contributed by atoms with E-state index in [2.05, 4.69) is 36.1 Å². The summed E-state index contributed by atoms with van der Waals surface area (Å²) in [5, 5.41) is 9.40. The molecule has 1 aromatic heterocycles. The molecule has 0 aliphatic carbocycles. The number of carbonyl (C=O) groups is 1. The van der Waals surface area contributed by atoms with Crippen LogP contribution in [-0.4, -0.2) is 95.5 Å². The Bertz CT molecular complexity index is 1750. The van der Waals surface area contributed by atoms with Crippen molar-refractivity contribution in [2.24, 2.45) is 7.05 Å². The average Bonchev–Trinajstić information content (AvgIpc) is 3.38. The monoisotopic (exact) mass is 662 g/mol. The molecule has 2 fully saturated rings. The van der Waals surface area contributed by atoms with Crippen molar-refractivity contribution in [2.45, 2.75) is 51.1 Å². The van der Waals surface area contributed by atoms with Crippen molar-refractivity contribution >= 4 is 17.0 Å². The van der Waals surface area contributed by atoms with Crippen molar-refractivity contribution in [2.75, 3.05) is 53.1 Å². The van der Waals surface area contributed by atoms with E-state index in [0.717, 1.165) is 89.7 Å². The third kappa shape index (κ3) is 7.64. The van der Waals surface area contributed by atoms with Gasteiger partial charge in [0.05, 0.1) is 44.4 Å². The lowest BCUT2D eigenvalue weighted by atomic mass is 9.95. The molecular formula is C37H44F2N4O5. The van der Waals surface area contributed by atoms with Gasteiger partial charge < -0.3 is 23.9 Å². The van der Waals surface area contributed by atoms with Gasteiger partial charge in [0.15, 0.2) is 0 Å². The molecule has 1 unspecified atom stereocenters. The van der Waals surface area contributed by atoms with Crippen molar-refractivity contribution in [1.82, 2.24) is 19.4 Å². The fraction of sp³-hybridized carbons (Fsp3) is 0.459. The van der Waals surface area contributed by atoms with Gasteiger partial charge in [0.25, 0.3) is 5.92 Å². The van der Waals surface area contributed by atoms with E-state index in [1.54, 1.807) is 7.11 Å². The second-order valence-electron chi connectivity index (χ2n) is 12.8. The largest absolute Gasteiger partial charge is 0.496 e. The predicted molar refractivity (Wildman–Crippen MR) is 181 cm³/mol. The molecule has 256 valence electrons. The molecule has 0 radical (unpaired) electrons. The van der Waals surface area contributed by atoms with Gasteiger partial charge in [-0.3, -0.25) is 14.6 Å². The average molecular weight is 663 g/mol. The summed E-state index contributed by atoms with van der Waals surface area (Å²) < 4.78 is 47.8. The number of ether oxygens (including phenoxy) is 3. The number of hydrogen-bond donors (Lipinski definition) is 1. The standard InChI is InChI=1S/C37H44F2N4O5/c1-25-30(26-7-4-8-29(19-26)48-16-6-12-42-14-17-47-18-15-42)9-5-10-31(25)36-40-32-20-27(34(46-3)22-33(32)41(36)2)24-43-13-11-37(38,39)23-28(43)21-35(44)45/h4-5,7-10,19-20,22,28H,6,11-18,21,23-24H2,1-3H3,(H,44,45). The molecule has 48 heavy (non-hydrogen) atoms. The molecule has 3 heterocycles. The molecule has 2 aliphatic heterocycles. The van der Waals surface area contributed by atoms with E-state index >= 15 is 0 Å². The zero-order valence-corrected chi connectivity index (χ0v) is 27.9. The topological polar surface area (TPSA) is 89.3 Å². The van der Waals surface area contributed by atoms with Gasteiger partial charge in [-0.05, 0) is 48.2 Å². The molecule has 0 saturated carbocycles. The number of halogens is 2. The van der Waals surface area contributed by atoms with Crippen molar-refractivity contribution in [3.63, 3.8) is 0 Å². The summed E-state index contributed by atoms with van der Waals surface area (Å²) in [5.74, 6) is -1.72. The van der Waals surface area contributed by atoms with Crippen LogP contribution in [0.3, 0.4) is 0 Å². The van der Waals surface area contributed by atoms with Crippen LogP contribution in [0.2, 0.25) is 0 Å². The number of carboxylic acids is 1. The van der Waals surface area contributed by atoms with E-state index in [-0.39, 0.29) is 19.4 Å². The number of methoxy groups -OCH3 is 1. The first-order valence-electron chi connectivity index (χ1n) is 16.6. The van der Waals surface area contributed by atoms with Gasteiger partial charge in [-0.1, -0.05) is 30.3 Å². The minimum atomic E-state index is -2.87. The number of hydrogen-bond acceptors (Lipinski definition) is 7. The molecular weight excluding hydrogens is 618 g/mol. The van der Waals surface area contributed by atoms with Crippen molar-refractivity contribution in [1.29, 1.82) is 0 Å². The van der Waals surface area contributed by atoms with Crippen LogP contribution in [0.15, 0.2) is 54.6 Å². The van der Waals surface area contributed by atoms with Gasteiger partial charge in [0.1, 0.15) is 17.3 Å². The van der Waals surface area contributed by atoms with E-state index < -0.39 is 24.4 Å². The van der Waals surface area contributed by atoms with Gasteiger partial charge in [0.2, 0.25) is 0 Å². The highest BCUT2D eigenvalue weighted by Gasteiger charge is 2.41. The number of aromatic nitrogens is 2. The number of fused-ring (bicyclic) bond motifs is 1. The summed E-state index contributed by atoms with van der Waals surface area (Å²) >= 11 is 0. The quantitative estimate of drug-likeness (QED) is 0.175. The number of aliphatic carboxylic acids is 1. The highest BCUT2D eigenvalue weighted by atomic mass is 19.3. The molecule has 1 N–H and O–H groups in total. The second-order valence-corrected chi connectivity index (χ2v) is 12.8. The minimum absolute atomic E-state index is 0.103. The van der Waals surface area contributed by atoms with Crippen LogP contribution < -0.4 is 9.47 Å². The van der Waals surface area contributed by atoms with Crippen LogP contribution in [0.5, 0.6) is 11.5 Å². The zero-order valence-electron chi connectivity index (χ0n) is 27.9. The van der Waals surface area contributed by atoms with Gasteiger partial charge >= 0.3 is 5.97 Å². The number of morpholine rings is 1. The first-order chi connectivity index (χ1) is 23.1. The summed E-state index contributed by atoms with van der Waals surface area (Å²) in [6.07, 6.45) is -0.166. The molecule has 3 aromatic carbocycles. The maximum Gasteiger partial charge on any atom is 0.304 e. The number of nitrogens with zero attached hydrogens (tertiary/aromatic N) is 4. The van der Waals surface area contributed by atoms with E-state index in [9.17, 15) is 18.7 Å². The van der Waals surface area contributed by atoms with Crippen LogP contribution in [0.1, 0.15) is 36.8 Å². The number of carboxylic acid groups (broad SMARTS) is 1. The molecule has 11 heteroatoms. The minimum Gasteiger partial charge on any atom is -0.496 e. The van der Waals surface area contributed by atoms with Gasteiger partial charge in [0, 0.05) is 75.8 Å². The lowest BCUT2D eigenvalue weighted by Crippen LogP contribution is -2.47. The normalized spacial score (nSPS) is 18.6. The Labute approximate surface area is 280 Å². The highest BCUT2D eigenvalue weighted by molar-refractivity contribution is 5.85. The summed E-state index contributed by atoms with van der Waals surface area (Å²) in [5.41, 5.74) is 6.62. The summed E-state index contributed by atoms with van der Waals surface area (Å²) in [4.78, 5) is 20.8. The zero-order chi connectivity index (χ0) is 33.8. The Hall–Kier alpha value is -4.06. The molecule has 4 aromatic rings. The number of imidazole rings is 1. The summed E-state index contributed by atoms with van der Waals surface area (Å²) in [7, 11) is 3.55. The van der Waals surface area contributed by atoms with Crippen LogP contribution in [0.25, 0.3) is 33.5 Å². The number of rotatable bonds is 12. The van der Waals surface area contributed by atoms with Crippen LogP contribution in [0, 0.1) is 6.92 Å². The van der Waals surface area contributed by atoms with E-state index in [1.807, 2.05) is 46.8 Å². The molecule has 0 spiro atoms. The SMILES string of the molecule is COc1cc2c(cc1CN1CCC(F)(F)CC1CC(=O)O)nc(-c1cccc(-c3cccc(OCCCN4CCOCC4)c3)c1C)n2C. The van der Waals surface area contributed by atoms with Crippen molar-refractivity contribution in [3.05, 3.63) is 65.7 Å². The Morgan fingerprint density at radius 3 is 2.62 bits per heavy atom. The Morgan fingerprint density at radius 2 is 1.85 bits per heavy atom. The molecule has 6 rings (SSSR count). The maximum atomic E-state index is 14.2. The van der Waals surface area contributed by atoms with Crippen LogP contribution in [0.4, 0.5) is 8.78 Å². The van der Waals surface area contributed by atoms with E-state index in [0.29, 0.717) is 18.9 Å². The third-order valence-corrected chi connectivity index (χ3v) is 9.59. The Balaban J connectivity index is 1.23. The Morgan fingerprint density at radius 1 is 1.08 bits per heavy atom. The van der Waals surface area contributed by atoms with Gasteiger partial charge in [-0.15, -0.1) is 0 Å². The maximum absolute atomic E-state index is 14.2. The molecule has 9 nitrogen and oxygen atoms in total. The highest BCUT2D eigenvalue weighted by Crippen LogP contribution is 2.38. The molecule has 2 saturated heterocycles. The lowest BCUT2D eigenvalue weighted by molar-refractivity contribution is -0.141. The van der Waals surface area contributed by atoms with E-state index in [1.165, 1.54) is 0 Å².